The number of hydrogen-bond acceptors (Lipinski definition) is 5. The molecule has 7 nitrogen and oxygen atoms in total. The number of halogens is 1. The standard InChI is InChI=1S/C18H18FN5O2.Na.H/c1-10(2)24-11(3)21-9-16(24)15-6-7-20-18(23-15)22-12-4-5-13(17(25)26)14(19)8-12;;/h4-10H,1-3H3,(H,25,26)(H,20,22,23);;/q;+1;-1. The van der Waals surface area contributed by atoms with Gasteiger partial charge in [0, 0.05) is 17.9 Å². The molecular formula is C18H19FN5NaO2. The summed E-state index contributed by atoms with van der Waals surface area (Å²) in [5.41, 5.74) is 1.51. The molecule has 3 aromatic rings. The summed E-state index contributed by atoms with van der Waals surface area (Å²) in [5.74, 6) is -0.981. The summed E-state index contributed by atoms with van der Waals surface area (Å²) in [5, 5.41) is 11.8. The summed E-state index contributed by atoms with van der Waals surface area (Å²) >= 11 is 0. The molecule has 0 radical (unpaired) electrons. The number of carboxylic acids is 1. The Balaban J connectivity index is 0.00000196. The number of anilines is 2. The van der Waals surface area contributed by atoms with Crippen LogP contribution in [0.4, 0.5) is 16.0 Å². The summed E-state index contributed by atoms with van der Waals surface area (Å²) in [6.07, 6.45) is 3.35. The molecule has 0 amide bonds. The maximum atomic E-state index is 13.8. The zero-order valence-electron chi connectivity index (χ0n) is 16.6. The molecule has 0 aliphatic rings. The number of carbonyl (C=O) groups is 1. The topological polar surface area (TPSA) is 92.9 Å². The van der Waals surface area contributed by atoms with E-state index in [0.717, 1.165) is 17.6 Å². The van der Waals surface area contributed by atoms with Gasteiger partial charge in [-0.2, -0.15) is 0 Å². The number of aryl methyl sites for hydroxylation is 1. The predicted octanol–water partition coefficient (Wildman–Crippen LogP) is 0.927. The Morgan fingerprint density at radius 3 is 2.67 bits per heavy atom. The van der Waals surface area contributed by atoms with E-state index < -0.39 is 11.8 Å². The van der Waals surface area contributed by atoms with Gasteiger partial charge in [-0.15, -0.1) is 0 Å². The van der Waals surface area contributed by atoms with Gasteiger partial charge in [-0.25, -0.2) is 24.1 Å². The summed E-state index contributed by atoms with van der Waals surface area (Å²) < 4.78 is 15.9. The number of aromatic nitrogens is 4. The van der Waals surface area contributed by atoms with Crippen molar-refractivity contribution in [3.05, 3.63) is 53.9 Å². The van der Waals surface area contributed by atoms with Crippen LogP contribution in [0.2, 0.25) is 0 Å². The van der Waals surface area contributed by atoms with Crippen LogP contribution in [0.5, 0.6) is 0 Å². The molecule has 0 aliphatic heterocycles. The van der Waals surface area contributed by atoms with Gasteiger partial charge in [-0.05, 0) is 45.0 Å². The first kappa shape index (κ1) is 21.0. The molecule has 1 aromatic carbocycles. The van der Waals surface area contributed by atoms with Crippen molar-refractivity contribution in [3.8, 4) is 11.4 Å². The predicted molar refractivity (Wildman–Crippen MR) is 96.1 cm³/mol. The second kappa shape index (κ2) is 8.60. The summed E-state index contributed by atoms with van der Waals surface area (Å²) in [6.45, 7) is 6.05. The summed E-state index contributed by atoms with van der Waals surface area (Å²) in [6, 6.07) is 5.75. The normalized spacial score (nSPS) is 10.6. The Bertz CT molecular complexity index is 980. The van der Waals surface area contributed by atoms with E-state index in [9.17, 15) is 9.18 Å². The molecule has 2 N–H and O–H groups in total. The van der Waals surface area contributed by atoms with Gasteiger partial charge >= 0.3 is 35.5 Å². The number of aromatic carboxylic acids is 1. The molecule has 136 valence electrons. The Hall–Kier alpha value is -2.29. The van der Waals surface area contributed by atoms with Crippen LogP contribution in [0.1, 0.15) is 37.5 Å². The molecular weight excluding hydrogens is 360 g/mol. The second-order valence-electron chi connectivity index (χ2n) is 6.04. The largest absolute Gasteiger partial charge is 1.00 e. The molecule has 2 heterocycles. The SMILES string of the molecule is Cc1ncc(-c2ccnc(Nc3ccc(C(=O)O)c(F)c3)n2)n1C(C)C.[H-].[Na+]. The van der Waals surface area contributed by atoms with E-state index in [1.54, 1.807) is 18.5 Å². The van der Waals surface area contributed by atoms with Crippen molar-refractivity contribution in [1.29, 1.82) is 0 Å². The number of nitrogens with one attached hydrogen (secondary N) is 1. The Kier molecular flexibility index (Phi) is 6.69. The molecule has 0 atom stereocenters. The average Bonchev–Trinajstić information content (AvgIpc) is 2.96. The Morgan fingerprint density at radius 1 is 1.30 bits per heavy atom. The molecule has 2 aromatic heterocycles. The summed E-state index contributed by atoms with van der Waals surface area (Å²) in [4.78, 5) is 23.8. The van der Waals surface area contributed by atoms with Crippen molar-refractivity contribution in [2.45, 2.75) is 26.8 Å². The van der Waals surface area contributed by atoms with Crippen molar-refractivity contribution in [1.82, 2.24) is 19.5 Å². The van der Waals surface area contributed by atoms with Crippen LogP contribution in [0.3, 0.4) is 0 Å². The molecule has 0 fully saturated rings. The van der Waals surface area contributed by atoms with Crippen LogP contribution in [-0.2, 0) is 0 Å². The zero-order chi connectivity index (χ0) is 18.8. The zero-order valence-corrected chi connectivity index (χ0v) is 17.6. The third-order valence-corrected chi connectivity index (χ3v) is 3.87. The first-order valence-corrected chi connectivity index (χ1v) is 8.04. The van der Waals surface area contributed by atoms with Gasteiger partial charge < -0.3 is 16.4 Å². The van der Waals surface area contributed by atoms with Gasteiger partial charge in [0.05, 0.1) is 23.1 Å². The maximum absolute atomic E-state index is 13.8. The number of nitrogens with zero attached hydrogens (tertiary/aromatic N) is 4. The van der Waals surface area contributed by atoms with E-state index in [-0.39, 0.29) is 48.5 Å². The molecule has 27 heavy (non-hydrogen) atoms. The molecule has 0 bridgehead atoms. The Labute approximate surface area is 179 Å². The monoisotopic (exact) mass is 379 g/mol. The van der Waals surface area contributed by atoms with Crippen molar-refractivity contribution < 1.29 is 45.3 Å². The number of benzene rings is 1. The minimum absolute atomic E-state index is 0. The van der Waals surface area contributed by atoms with Crippen molar-refractivity contribution in [2.75, 3.05) is 5.32 Å². The fourth-order valence-electron chi connectivity index (χ4n) is 2.75. The van der Waals surface area contributed by atoms with Gasteiger partial charge in [0.2, 0.25) is 5.95 Å². The average molecular weight is 379 g/mol. The molecule has 0 aliphatic carbocycles. The summed E-state index contributed by atoms with van der Waals surface area (Å²) in [7, 11) is 0. The third kappa shape index (κ3) is 4.52. The number of rotatable bonds is 5. The smallest absolute Gasteiger partial charge is 1.00 e. The first-order valence-electron chi connectivity index (χ1n) is 8.04. The van der Waals surface area contributed by atoms with E-state index in [4.69, 9.17) is 5.11 Å². The number of imidazole rings is 1. The molecule has 0 saturated carbocycles. The van der Waals surface area contributed by atoms with E-state index >= 15 is 0 Å². The van der Waals surface area contributed by atoms with Gasteiger partial charge in [-0.3, -0.25) is 0 Å². The van der Waals surface area contributed by atoms with Gasteiger partial charge in [0.25, 0.3) is 0 Å². The molecule has 0 unspecified atom stereocenters. The van der Waals surface area contributed by atoms with E-state index in [0.29, 0.717) is 11.4 Å². The minimum atomic E-state index is -1.32. The van der Waals surface area contributed by atoms with E-state index in [2.05, 4.69) is 38.7 Å². The first-order chi connectivity index (χ1) is 12.4. The molecule has 3 rings (SSSR count). The third-order valence-electron chi connectivity index (χ3n) is 3.87. The minimum Gasteiger partial charge on any atom is -1.00 e. The van der Waals surface area contributed by atoms with Crippen molar-refractivity contribution >= 4 is 17.6 Å². The van der Waals surface area contributed by atoms with Gasteiger partial charge in [0.1, 0.15) is 11.6 Å². The van der Waals surface area contributed by atoms with Crippen molar-refractivity contribution in [3.63, 3.8) is 0 Å². The molecule has 9 heteroatoms. The van der Waals surface area contributed by atoms with Crippen LogP contribution in [0.25, 0.3) is 11.4 Å². The van der Waals surface area contributed by atoms with Crippen LogP contribution >= 0.6 is 0 Å². The van der Waals surface area contributed by atoms with E-state index in [1.807, 2.05) is 6.92 Å². The van der Waals surface area contributed by atoms with Crippen molar-refractivity contribution in [2.24, 2.45) is 0 Å². The van der Waals surface area contributed by atoms with Crippen LogP contribution in [-0.4, -0.2) is 30.6 Å². The number of carboxylic acid groups (broad SMARTS) is 1. The maximum Gasteiger partial charge on any atom is 1.00 e. The van der Waals surface area contributed by atoms with Crippen LogP contribution < -0.4 is 34.9 Å². The van der Waals surface area contributed by atoms with Crippen LogP contribution in [0, 0.1) is 12.7 Å². The molecule has 0 saturated heterocycles. The number of hydrogen-bond donors (Lipinski definition) is 2. The van der Waals surface area contributed by atoms with Gasteiger partial charge in [-0.1, -0.05) is 0 Å². The van der Waals surface area contributed by atoms with Crippen LogP contribution in [0.15, 0.2) is 36.7 Å². The molecule has 0 spiro atoms. The fourth-order valence-corrected chi connectivity index (χ4v) is 2.75. The quantitative estimate of drug-likeness (QED) is 0.641. The Morgan fingerprint density at radius 2 is 2.04 bits per heavy atom. The second-order valence-corrected chi connectivity index (χ2v) is 6.04. The van der Waals surface area contributed by atoms with E-state index in [1.165, 1.54) is 12.1 Å². The van der Waals surface area contributed by atoms with Gasteiger partial charge in [0.15, 0.2) is 0 Å². The fraction of sp³-hybridized carbons (Fsp3) is 0.222.